The van der Waals surface area contributed by atoms with Gasteiger partial charge in [0.25, 0.3) is 0 Å². The van der Waals surface area contributed by atoms with Crippen LogP contribution in [0.15, 0.2) is 54.0 Å². The van der Waals surface area contributed by atoms with Crippen LogP contribution >= 0.6 is 22.7 Å². The highest BCUT2D eigenvalue weighted by Crippen LogP contribution is 2.42. The van der Waals surface area contributed by atoms with Gasteiger partial charge >= 0.3 is 12.2 Å². The van der Waals surface area contributed by atoms with Gasteiger partial charge in [0.15, 0.2) is 5.13 Å². The number of carbonyl (C=O) groups is 2. The van der Waals surface area contributed by atoms with Gasteiger partial charge in [-0.25, -0.2) is 19.6 Å². The van der Waals surface area contributed by atoms with Gasteiger partial charge in [-0.05, 0) is 54.3 Å². The van der Waals surface area contributed by atoms with Gasteiger partial charge in [-0.3, -0.25) is 10.2 Å². The first-order valence-corrected chi connectivity index (χ1v) is 12.4. The number of thiazole rings is 2. The fourth-order valence-corrected chi connectivity index (χ4v) is 5.38. The second-order valence-corrected chi connectivity index (χ2v) is 9.51. The van der Waals surface area contributed by atoms with Crippen LogP contribution in [0, 0.1) is 0 Å². The van der Waals surface area contributed by atoms with Crippen LogP contribution in [-0.2, 0) is 6.42 Å². The van der Waals surface area contributed by atoms with E-state index in [4.69, 9.17) is 9.47 Å². The summed E-state index contributed by atoms with van der Waals surface area (Å²) in [6, 6.07) is 12.8. The van der Waals surface area contributed by atoms with Crippen molar-refractivity contribution in [3.8, 4) is 32.6 Å². The molecule has 0 fully saturated rings. The lowest BCUT2D eigenvalue weighted by molar-refractivity contribution is 0.143. The predicted octanol–water partition coefficient (Wildman–Crippen LogP) is 5.98. The fraction of sp³-hybridized carbons (Fsp3) is 0.167. The molecule has 0 saturated carbocycles. The Bertz CT molecular complexity index is 1370. The minimum absolute atomic E-state index is 0.0127. The summed E-state index contributed by atoms with van der Waals surface area (Å²) in [6.45, 7) is 0.579. The van der Waals surface area contributed by atoms with Gasteiger partial charge in [0.1, 0.15) is 10.8 Å². The quantitative estimate of drug-likeness (QED) is 0.319. The van der Waals surface area contributed by atoms with Crippen LogP contribution in [0.25, 0.3) is 21.0 Å². The lowest BCUT2D eigenvalue weighted by Crippen LogP contribution is -2.38. The summed E-state index contributed by atoms with van der Waals surface area (Å²) in [7, 11) is 1.58. The number of benzene rings is 2. The summed E-state index contributed by atoms with van der Waals surface area (Å²) < 4.78 is 10.2. The van der Waals surface area contributed by atoms with E-state index < -0.39 is 6.16 Å². The van der Waals surface area contributed by atoms with Crippen molar-refractivity contribution in [1.82, 2.24) is 9.97 Å². The monoisotopic (exact) mass is 508 g/mol. The minimum atomic E-state index is -1.44. The largest absolute Gasteiger partial charge is 0.512 e. The van der Waals surface area contributed by atoms with E-state index in [1.165, 1.54) is 22.7 Å². The third-order valence-electron chi connectivity index (χ3n) is 5.47. The number of amides is 2. The van der Waals surface area contributed by atoms with Gasteiger partial charge in [-0.2, -0.15) is 0 Å². The molecule has 0 spiro atoms. The van der Waals surface area contributed by atoms with E-state index in [0.29, 0.717) is 27.3 Å². The van der Waals surface area contributed by atoms with Gasteiger partial charge in [0.05, 0.1) is 12.0 Å². The number of aromatic nitrogens is 2. The zero-order chi connectivity index (χ0) is 24.4. The summed E-state index contributed by atoms with van der Waals surface area (Å²) in [4.78, 5) is 35.2. The maximum atomic E-state index is 13.0. The molecule has 2 N–H and O–H groups in total. The second-order valence-electron chi connectivity index (χ2n) is 7.62. The molecule has 0 atom stereocenters. The van der Waals surface area contributed by atoms with Crippen molar-refractivity contribution in [2.24, 2.45) is 0 Å². The maximum Gasteiger partial charge on any atom is 0.512 e. The van der Waals surface area contributed by atoms with Crippen LogP contribution in [0.5, 0.6) is 11.6 Å². The number of methoxy groups -OCH3 is 1. The molecule has 0 bridgehead atoms. The Balaban J connectivity index is 1.50. The summed E-state index contributed by atoms with van der Waals surface area (Å²) in [5.74, 6) is 0.698. The van der Waals surface area contributed by atoms with Gasteiger partial charge in [0, 0.05) is 29.4 Å². The Hall–Kier alpha value is -3.96. The number of carboxylic acid groups (broad SMARTS) is 1. The Morgan fingerprint density at radius 1 is 1.14 bits per heavy atom. The Morgan fingerprint density at radius 3 is 2.66 bits per heavy atom. The van der Waals surface area contributed by atoms with Crippen LogP contribution < -0.4 is 19.7 Å². The molecular formula is C24H20N4O5S2. The number of anilines is 2. The molecular weight excluding hydrogens is 488 g/mol. The molecule has 2 aromatic carbocycles. The number of urea groups is 1. The van der Waals surface area contributed by atoms with Crippen LogP contribution in [0.4, 0.5) is 20.4 Å². The molecule has 0 radical (unpaired) electrons. The van der Waals surface area contributed by atoms with Crippen LogP contribution in [-0.4, -0.2) is 40.9 Å². The van der Waals surface area contributed by atoms with Crippen molar-refractivity contribution >= 4 is 45.7 Å². The van der Waals surface area contributed by atoms with E-state index in [0.717, 1.165) is 35.2 Å². The van der Waals surface area contributed by atoms with Gasteiger partial charge in [0.2, 0.25) is 5.88 Å². The Labute approximate surface area is 208 Å². The number of fused-ring (bicyclic) bond motifs is 1. The first-order valence-electron chi connectivity index (χ1n) is 10.7. The standard InChI is InChI=1S/C24H20N4O5S2/c1-32-17-8-6-15(7-9-17)19-20(33-24(30)31)26-21(35-19)16-5-4-14-3-2-11-28(18(14)13-16)23(29)27-22-25-10-12-34-22/h4-10,12-13H,2-3,11H2,1H3,(H,30,31)(H,25,27,29). The molecule has 5 rings (SSSR count). The Morgan fingerprint density at radius 2 is 1.94 bits per heavy atom. The molecule has 178 valence electrons. The average Bonchev–Trinajstić information content (AvgIpc) is 3.53. The molecule has 1 aliphatic heterocycles. The number of nitrogens with zero attached hydrogens (tertiary/aromatic N) is 3. The average molecular weight is 509 g/mol. The van der Waals surface area contributed by atoms with Crippen molar-refractivity contribution in [3.05, 3.63) is 59.6 Å². The fourth-order valence-electron chi connectivity index (χ4n) is 3.87. The first-order chi connectivity index (χ1) is 17.0. The number of ether oxygens (including phenoxy) is 2. The molecule has 3 heterocycles. The van der Waals surface area contributed by atoms with Gasteiger partial charge in [-0.15, -0.1) is 22.7 Å². The molecule has 0 unspecified atom stereocenters. The Kier molecular flexibility index (Phi) is 6.34. The summed E-state index contributed by atoms with van der Waals surface area (Å²) >= 11 is 2.68. The summed E-state index contributed by atoms with van der Waals surface area (Å²) in [5, 5.41) is 15.0. The van der Waals surface area contributed by atoms with Crippen molar-refractivity contribution in [2.45, 2.75) is 12.8 Å². The summed E-state index contributed by atoms with van der Waals surface area (Å²) in [5.41, 5.74) is 3.37. The third-order valence-corrected chi connectivity index (χ3v) is 7.30. The molecule has 9 nitrogen and oxygen atoms in total. The second kappa shape index (κ2) is 9.72. The predicted molar refractivity (Wildman–Crippen MR) is 135 cm³/mol. The van der Waals surface area contributed by atoms with Gasteiger partial charge < -0.3 is 14.6 Å². The van der Waals surface area contributed by atoms with Crippen molar-refractivity contribution < 1.29 is 24.2 Å². The van der Waals surface area contributed by atoms with E-state index in [2.05, 4.69) is 15.3 Å². The molecule has 11 heteroatoms. The number of nitrogens with one attached hydrogen (secondary N) is 1. The number of hydrogen-bond donors (Lipinski definition) is 2. The molecule has 0 saturated heterocycles. The highest BCUT2D eigenvalue weighted by Gasteiger charge is 2.25. The smallest absolute Gasteiger partial charge is 0.497 e. The molecule has 0 aliphatic carbocycles. The first kappa shape index (κ1) is 22.8. The molecule has 2 aromatic heterocycles. The van der Waals surface area contributed by atoms with E-state index >= 15 is 0 Å². The number of carbonyl (C=O) groups excluding carboxylic acids is 1. The van der Waals surface area contributed by atoms with E-state index in [1.54, 1.807) is 35.7 Å². The number of rotatable bonds is 5. The zero-order valence-corrected chi connectivity index (χ0v) is 20.2. The van der Waals surface area contributed by atoms with Crippen molar-refractivity contribution in [2.75, 3.05) is 23.9 Å². The summed E-state index contributed by atoms with van der Waals surface area (Å²) in [6.07, 6.45) is 1.92. The topological polar surface area (TPSA) is 114 Å². The zero-order valence-electron chi connectivity index (χ0n) is 18.6. The molecule has 35 heavy (non-hydrogen) atoms. The van der Waals surface area contributed by atoms with Crippen LogP contribution in [0.2, 0.25) is 0 Å². The highest BCUT2D eigenvalue weighted by atomic mass is 32.1. The van der Waals surface area contributed by atoms with E-state index in [1.807, 2.05) is 30.3 Å². The number of aryl methyl sites for hydroxylation is 1. The van der Waals surface area contributed by atoms with Crippen LogP contribution in [0.3, 0.4) is 0 Å². The van der Waals surface area contributed by atoms with E-state index in [-0.39, 0.29) is 11.9 Å². The lowest BCUT2D eigenvalue weighted by Gasteiger charge is -2.29. The maximum absolute atomic E-state index is 13.0. The minimum Gasteiger partial charge on any atom is -0.497 e. The molecule has 2 amide bonds. The van der Waals surface area contributed by atoms with Crippen molar-refractivity contribution in [1.29, 1.82) is 0 Å². The van der Waals surface area contributed by atoms with Gasteiger partial charge in [-0.1, -0.05) is 12.1 Å². The lowest BCUT2D eigenvalue weighted by atomic mass is 10.00. The highest BCUT2D eigenvalue weighted by molar-refractivity contribution is 7.18. The molecule has 1 aliphatic rings. The molecule has 4 aromatic rings. The van der Waals surface area contributed by atoms with Crippen LogP contribution in [0.1, 0.15) is 12.0 Å². The van der Waals surface area contributed by atoms with E-state index in [9.17, 15) is 14.7 Å². The number of hydrogen-bond acceptors (Lipinski definition) is 8. The SMILES string of the molecule is COc1ccc(-c2sc(-c3ccc4c(c3)N(C(=O)Nc3nccs3)CCC4)nc2OC(=O)O)cc1. The third kappa shape index (κ3) is 4.81. The van der Waals surface area contributed by atoms with Crippen molar-refractivity contribution in [3.63, 3.8) is 0 Å². The normalized spacial score (nSPS) is 12.7.